The topological polar surface area (TPSA) is 85.6 Å². The smallest absolute Gasteiger partial charge is 0.191 e. The lowest BCUT2D eigenvalue weighted by molar-refractivity contribution is -0.0828. The summed E-state index contributed by atoms with van der Waals surface area (Å²) in [7, 11) is 1.77. The molecule has 9 heteroatoms. The molecule has 8 nitrogen and oxygen atoms in total. The van der Waals surface area contributed by atoms with Gasteiger partial charge in [-0.25, -0.2) is 9.67 Å². The average Bonchev–Trinajstić information content (AvgIpc) is 3.00. The monoisotopic (exact) mass is 478 g/mol. The number of hydrogen-bond donors (Lipinski definition) is 2. The van der Waals surface area contributed by atoms with Gasteiger partial charge in [-0.1, -0.05) is 0 Å². The summed E-state index contributed by atoms with van der Waals surface area (Å²) in [5, 5.41) is 11.4. The van der Waals surface area contributed by atoms with E-state index >= 15 is 0 Å². The number of hydrogen-bond acceptors (Lipinski definition) is 5. The zero-order valence-corrected chi connectivity index (χ0v) is 18.3. The zero-order chi connectivity index (χ0) is 17.7. The average molecular weight is 478 g/mol. The first-order valence-corrected chi connectivity index (χ1v) is 9.22. The summed E-state index contributed by atoms with van der Waals surface area (Å²) in [6, 6.07) is 0.305. The van der Waals surface area contributed by atoms with Gasteiger partial charge in [0, 0.05) is 52.2 Å². The number of aryl methyl sites for hydroxylation is 2. The fraction of sp³-hybridized carbons (Fsp3) is 0.824. The Labute approximate surface area is 172 Å². The van der Waals surface area contributed by atoms with Crippen molar-refractivity contribution >= 4 is 29.9 Å². The van der Waals surface area contributed by atoms with Crippen LogP contribution < -0.4 is 10.6 Å². The van der Waals surface area contributed by atoms with Crippen LogP contribution in [0.25, 0.3) is 0 Å². The van der Waals surface area contributed by atoms with Crippen molar-refractivity contribution in [3.8, 4) is 0 Å². The summed E-state index contributed by atoms with van der Waals surface area (Å²) < 4.78 is 13.3. The quantitative estimate of drug-likeness (QED) is 0.377. The fourth-order valence-electron chi connectivity index (χ4n) is 3.46. The summed E-state index contributed by atoms with van der Waals surface area (Å²) in [5.41, 5.74) is -0.205. The van der Waals surface area contributed by atoms with E-state index in [0.29, 0.717) is 12.6 Å². The second-order valence-corrected chi connectivity index (χ2v) is 6.83. The van der Waals surface area contributed by atoms with Gasteiger partial charge >= 0.3 is 0 Å². The van der Waals surface area contributed by atoms with Crippen molar-refractivity contribution in [1.82, 2.24) is 25.4 Å². The molecule has 1 fully saturated rings. The van der Waals surface area contributed by atoms with Crippen molar-refractivity contribution in [1.29, 1.82) is 0 Å². The van der Waals surface area contributed by atoms with Crippen molar-refractivity contribution in [2.24, 2.45) is 4.99 Å². The summed E-state index contributed by atoms with van der Waals surface area (Å²) >= 11 is 0. The first kappa shape index (κ1) is 21.4. The predicted molar refractivity (Wildman–Crippen MR) is 111 cm³/mol. The number of fused-ring (bicyclic) bond motifs is 1. The molecule has 1 aromatic heterocycles. The number of ether oxygens (including phenoxy) is 2. The lowest BCUT2D eigenvalue weighted by atomic mass is 9.94. The Balaban J connectivity index is 0.00000243. The van der Waals surface area contributed by atoms with Crippen LogP contribution in [0.15, 0.2) is 4.99 Å². The van der Waals surface area contributed by atoms with E-state index in [2.05, 4.69) is 27.6 Å². The van der Waals surface area contributed by atoms with Crippen LogP contribution in [-0.2, 0) is 22.4 Å². The molecule has 1 atom stereocenters. The highest BCUT2D eigenvalue weighted by Crippen LogP contribution is 2.24. The number of methoxy groups -OCH3 is 1. The number of aliphatic imine (C=N–C) groups is 1. The Morgan fingerprint density at radius 2 is 2.19 bits per heavy atom. The standard InChI is InChI=1S/C17H30N6O2.HI/c1-4-18-16(19-12-17(24-3)7-9-25-10-8-17)21-14-5-6-15-20-13(2)22-23(15)11-14;/h14H,4-12H2,1-3H3,(H2,18,19,21);1H. The maximum absolute atomic E-state index is 5.78. The van der Waals surface area contributed by atoms with E-state index in [0.717, 1.165) is 69.6 Å². The first-order valence-electron chi connectivity index (χ1n) is 9.22. The molecule has 2 N–H and O–H groups in total. The van der Waals surface area contributed by atoms with Crippen LogP contribution in [0, 0.1) is 6.92 Å². The lowest BCUT2D eigenvalue weighted by Gasteiger charge is -2.35. The van der Waals surface area contributed by atoms with Crippen LogP contribution in [0.3, 0.4) is 0 Å². The maximum atomic E-state index is 5.78. The molecule has 1 saturated heterocycles. The van der Waals surface area contributed by atoms with E-state index in [9.17, 15) is 0 Å². The number of guanidine groups is 1. The van der Waals surface area contributed by atoms with Gasteiger partial charge in [0.15, 0.2) is 5.96 Å². The highest BCUT2D eigenvalue weighted by Gasteiger charge is 2.32. The Hall–Kier alpha value is -0.940. The molecule has 148 valence electrons. The molecule has 3 rings (SSSR count). The molecule has 3 heterocycles. The minimum atomic E-state index is -0.205. The largest absolute Gasteiger partial charge is 0.381 e. The van der Waals surface area contributed by atoms with Crippen LogP contribution in [0.5, 0.6) is 0 Å². The van der Waals surface area contributed by atoms with Gasteiger partial charge < -0.3 is 20.1 Å². The second-order valence-electron chi connectivity index (χ2n) is 6.83. The highest BCUT2D eigenvalue weighted by atomic mass is 127. The molecule has 1 aromatic rings. The van der Waals surface area contributed by atoms with E-state index in [1.165, 1.54) is 0 Å². The number of nitrogens with zero attached hydrogens (tertiary/aromatic N) is 4. The summed E-state index contributed by atoms with van der Waals surface area (Å²) in [4.78, 5) is 9.27. The Kier molecular flexibility index (Phi) is 8.08. The molecule has 0 radical (unpaired) electrons. The van der Waals surface area contributed by atoms with Crippen LogP contribution in [-0.4, -0.2) is 65.8 Å². The van der Waals surface area contributed by atoms with Gasteiger partial charge in [-0.05, 0) is 20.3 Å². The third-order valence-corrected chi connectivity index (χ3v) is 5.01. The van der Waals surface area contributed by atoms with Gasteiger partial charge in [0.1, 0.15) is 11.6 Å². The van der Waals surface area contributed by atoms with Gasteiger partial charge in [-0.15, -0.1) is 24.0 Å². The Morgan fingerprint density at radius 3 is 2.88 bits per heavy atom. The van der Waals surface area contributed by atoms with Crippen molar-refractivity contribution < 1.29 is 9.47 Å². The van der Waals surface area contributed by atoms with Gasteiger partial charge in [-0.3, -0.25) is 4.99 Å². The molecule has 0 spiro atoms. The Bertz CT molecular complexity index is 600. The molecular formula is C17H31IN6O2. The normalized spacial score (nSPS) is 22.3. The van der Waals surface area contributed by atoms with E-state index in [-0.39, 0.29) is 29.6 Å². The van der Waals surface area contributed by atoms with Gasteiger partial charge in [0.05, 0.1) is 18.7 Å². The van der Waals surface area contributed by atoms with Crippen molar-refractivity contribution in [2.75, 3.05) is 33.4 Å². The van der Waals surface area contributed by atoms with Crippen LogP contribution >= 0.6 is 24.0 Å². The van der Waals surface area contributed by atoms with E-state index in [1.54, 1.807) is 7.11 Å². The van der Waals surface area contributed by atoms with E-state index < -0.39 is 0 Å². The molecule has 0 aliphatic carbocycles. The molecule has 2 aliphatic heterocycles. The molecule has 1 unspecified atom stereocenters. The van der Waals surface area contributed by atoms with Crippen LogP contribution in [0.1, 0.15) is 37.8 Å². The SMILES string of the molecule is CCNC(=NCC1(OC)CCOCC1)NC1CCc2nc(C)nn2C1.I. The second kappa shape index (κ2) is 9.84. The third kappa shape index (κ3) is 5.29. The molecule has 2 aliphatic rings. The minimum Gasteiger partial charge on any atom is -0.381 e. The molecular weight excluding hydrogens is 447 g/mol. The Morgan fingerprint density at radius 1 is 1.42 bits per heavy atom. The van der Waals surface area contributed by atoms with E-state index in [1.807, 2.05) is 11.6 Å². The molecule has 0 aromatic carbocycles. The van der Waals surface area contributed by atoms with Crippen molar-refractivity contribution in [3.05, 3.63) is 11.6 Å². The van der Waals surface area contributed by atoms with E-state index in [4.69, 9.17) is 14.5 Å². The molecule has 0 amide bonds. The fourth-order valence-corrected chi connectivity index (χ4v) is 3.46. The highest BCUT2D eigenvalue weighted by molar-refractivity contribution is 14.0. The van der Waals surface area contributed by atoms with Crippen molar-refractivity contribution in [3.63, 3.8) is 0 Å². The van der Waals surface area contributed by atoms with Gasteiger partial charge in [-0.2, -0.15) is 5.10 Å². The van der Waals surface area contributed by atoms with Crippen LogP contribution in [0.4, 0.5) is 0 Å². The lowest BCUT2D eigenvalue weighted by Crippen LogP contribution is -2.48. The molecule has 0 bridgehead atoms. The molecule has 0 saturated carbocycles. The first-order chi connectivity index (χ1) is 12.1. The number of nitrogens with one attached hydrogen (secondary N) is 2. The zero-order valence-electron chi connectivity index (χ0n) is 16.0. The van der Waals surface area contributed by atoms with Crippen molar-refractivity contribution in [2.45, 2.75) is 57.7 Å². The van der Waals surface area contributed by atoms with Gasteiger partial charge in [0.2, 0.25) is 0 Å². The third-order valence-electron chi connectivity index (χ3n) is 5.01. The predicted octanol–water partition coefficient (Wildman–Crippen LogP) is 1.27. The number of aromatic nitrogens is 3. The number of rotatable bonds is 5. The van der Waals surface area contributed by atoms with Crippen LogP contribution in [0.2, 0.25) is 0 Å². The summed E-state index contributed by atoms with van der Waals surface area (Å²) in [5.74, 6) is 2.77. The maximum Gasteiger partial charge on any atom is 0.191 e. The molecule has 26 heavy (non-hydrogen) atoms. The van der Waals surface area contributed by atoms with Gasteiger partial charge in [0.25, 0.3) is 0 Å². The number of halogens is 1. The summed E-state index contributed by atoms with van der Waals surface area (Å²) in [6.45, 7) is 7.80. The summed E-state index contributed by atoms with van der Waals surface area (Å²) in [6.07, 6.45) is 3.75. The minimum absolute atomic E-state index is 0.